The molecule has 0 N–H and O–H groups in total. The molecule has 1 heterocycles. The number of rotatable bonds is 5. The first-order valence-corrected chi connectivity index (χ1v) is 14.2. The molecule has 8 rings (SSSR count). The minimum Gasteiger partial charge on any atom is -0.744 e. The van der Waals surface area contributed by atoms with Gasteiger partial charge in [-0.25, -0.2) is 8.42 Å². The quantitative estimate of drug-likeness (QED) is 0.251. The molecule has 1 aliphatic heterocycles. The van der Waals surface area contributed by atoms with Crippen LogP contribution < -0.4 is 4.74 Å². The van der Waals surface area contributed by atoms with Crippen molar-refractivity contribution >= 4 is 28.0 Å². The molecule has 1 aromatic carbocycles. The van der Waals surface area contributed by atoms with Crippen molar-refractivity contribution in [2.45, 2.75) is 62.0 Å². The van der Waals surface area contributed by atoms with Crippen molar-refractivity contribution in [2.24, 2.45) is 46.8 Å². The minimum atomic E-state index is -4.63. The highest BCUT2D eigenvalue weighted by molar-refractivity contribution is 7.85. The summed E-state index contributed by atoms with van der Waals surface area (Å²) in [5.74, 6) is 0.104. The Morgan fingerprint density at radius 2 is 1.58 bits per heavy atom. The van der Waals surface area contributed by atoms with Crippen LogP contribution in [0.15, 0.2) is 29.2 Å². The van der Waals surface area contributed by atoms with Gasteiger partial charge in [-0.05, 0) is 92.9 Å². The predicted molar refractivity (Wildman–Crippen MR) is 119 cm³/mol. The number of esters is 3. The molecule has 0 spiro atoms. The van der Waals surface area contributed by atoms with E-state index in [4.69, 9.17) is 14.2 Å². The fourth-order valence-corrected chi connectivity index (χ4v) is 9.30. The number of fused-ring (bicyclic) bond motifs is 1. The fraction of sp³-hybridized carbons (Fsp3) is 0.654. The highest BCUT2D eigenvalue weighted by Crippen LogP contribution is 2.63. The van der Waals surface area contributed by atoms with E-state index in [1.54, 1.807) is 0 Å². The highest BCUT2D eigenvalue weighted by atomic mass is 32.2. The molecule has 192 valence electrons. The Kier molecular flexibility index (Phi) is 4.75. The van der Waals surface area contributed by atoms with Crippen LogP contribution in [0.2, 0.25) is 0 Å². The number of carbonyl (C=O) groups excluding carboxylic acids is 3. The fourth-order valence-electron chi connectivity index (χ4n) is 8.83. The van der Waals surface area contributed by atoms with Gasteiger partial charge in [0.1, 0.15) is 28.1 Å². The van der Waals surface area contributed by atoms with Crippen LogP contribution >= 0.6 is 0 Å². The number of carbonyl (C=O) groups is 3. The average Bonchev–Trinajstić information content (AvgIpc) is 3.41. The number of ether oxygens (including phenoxy) is 3. The monoisotopic (exact) mass is 515 g/mol. The van der Waals surface area contributed by atoms with Crippen LogP contribution in [0.1, 0.15) is 44.9 Å². The molecule has 7 fully saturated rings. The van der Waals surface area contributed by atoms with Crippen molar-refractivity contribution in [3.8, 4) is 5.75 Å². The summed E-state index contributed by atoms with van der Waals surface area (Å²) >= 11 is 0. The lowest BCUT2D eigenvalue weighted by molar-refractivity contribution is -0.177. The van der Waals surface area contributed by atoms with Gasteiger partial charge >= 0.3 is 17.9 Å². The highest BCUT2D eigenvalue weighted by Gasteiger charge is 2.75. The zero-order chi connectivity index (χ0) is 25.0. The molecule has 6 aliphatic carbocycles. The van der Waals surface area contributed by atoms with E-state index >= 15 is 0 Å². The first kappa shape index (κ1) is 22.7. The molecule has 7 aliphatic rings. The standard InChI is InChI=1S/C26H28O9S/c27-23(20-14-6-12-5-13(8-14)9-15(20)7-12)34-21-16-10-19-22(21)35-25(29)26(19,11-16)24(28)33-17-1-3-18(4-2-17)36(30,31)32/h1-4,12-16,19-22H,5-11H2,(H,30,31,32)/p-1. The molecule has 6 bridgehead atoms. The average molecular weight is 516 g/mol. The summed E-state index contributed by atoms with van der Waals surface area (Å²) in [5.41, 5.74) is -1.45. The third-order valence-corrected chi connectivity index (χ3v) is 10.9. The molecule has 5 unspecified atom stereocenters. The molecule has 9 nitrogen and oxygen atoms in total. The maximum absolute atomic E-state index is 13.4. The maximum Gasteiger partial charge on any atom is 0.329 e. The SMILES string of the molecule is O=C(OC1C2CC3C1OC(=O)C3(C(=O)Oc1ccc(S(=O)(=O)[O-])cc1)C2)C1C2CC3CC(C2)CC1C3. The second-order valence-corrected chi connectivity index (χ2v) is 13.2. The Labute approximate surface area is 208 Å². The van der Waals surface area contributed by atoms with Crippen molar-refractivity contribution in [1.29, 1.82) is 0 Å². The van der Waals surface area contributed by atoms with Gasteiger partial charge < -0.3 is 18.8 Å². The second kappa shape index (κ2) is 7.54. The number of benzene rings is 1. The van der Waals surface area contributed by atoms with Gasteiger partial charge in [-0.15, -0.1) is 0 Å². The first-order valence-electron chi connectivity index (χ1n) is 12.8. The zero-order valence-electron chi connectivity index (χ0n) is 19.5. The molecule has 1 aromatic rings. The lowest BCUT2D eigenvalue weighted by Crippen LogP contribution is -2.50. The molecule has 6 saturated carbocycles. The lowest BCUT2D eigenvalue weighted by Gasteiger charge is -2.53. The topological polar surface area (TPSA) is 136 Å². The van der Waals surface area contributed by atoms with E-state index in [0.717, 1.165) is 49.7 Å². The van der Waals surface area contributed by atoms with Gasteiger partial charge in [0, 0.05) is 11.8 Å². The molecular formula is C26H27O9S-. The summed E-state index contributed by atoms with van der Waals surface area (Å²) in [4.78, 5) is 39.1. The summed E-state index contributed by atoms with van der Waals surface area (Å²) in [7, 11) is -4.63. The van der Waals surface area contributed by atoms with Gasteiger partial charge in [0.2, 0.25) is 0 Å². The summed E-state index contributed by atoms with van der Waals surface area (Å²) in [6.45, 7) is 0. The van der Waals surface area contributed by atoms with E-state index < -0.39 is 50.5 Å². The molecular weight excluding hydrogens is 488 g/mol. The van der Waals surface area contributed by atoms with E-state index in [0.29, 0.717) is 18.3 Å². The van der Waals surface area contributed by atoms with Gasteiger partial charge in [-0.2, -0.15) is 0 Å². The molecule has 36 heavy (non-hydrogen) atoms. The molecule has 10 heteroatoms. The number of hydrogen-bond donors (Lipinski definition) is 0. The minimum absolute atomic E-state index is 0.0330. The Morgan fingerprint density at radius 3 is 2.19 bits per heavy atom. The van der Waals surface area contributed by atoms with Crippen molar-refractivity contribution in [1.82, 2.24) is 0 Å². The third-order valence-electron chi connectivity index (χ3n) is 10.0. The van der Waals surface area contributed by atoms with E-state index in [2.05, 4.69) is 0 Å². The molecule has 0 radical (unpaired) electrons. The Balaban J connectivity index is 1.06. The largest absolute Gasteiger partial charge is 0.744 e. The van der Waals surface area contributed by atoms with Crippen LogP contribution in [0.5, 0.6) is 5.75 Å². The van der Waals surface area contributed by atoms with Crippen molar-refractivity contribution < 1.29 is 41.6 Å². The smallest absolute Gasteiger partial charge is 0.329 e. The van der Waals surface area contributed by atoms with Crippen LogP contribution in [-0.2, 0) is 34.0 Å². The summed E-state index contributed by atoms with van der Waals surface area (Å²) in [6.07, 6.45) is 5.29. The van der Waals surface area contributed by atoms with Crippen molar-refractivity contribution in [2.75, 3.05) is 0 Å². The Bertz CT molecular complexity index is 1230. The van der Waals surface area contributed by atoms with Crippen molar-refractivity contribution in [3.05, 3.63) is 24.3 Å². The summed E-state index contributed by atoms with van der Waals surface area (Å²) in [6, 6.07) is 4.53. The van der Waals surface area contributed by atoms with Crippen molar-refractivity contribution in [3.63, 3.8) is 0 Å². The van der Waals surface area contributed by atoms with Crippen LogP contribution in [-0.4, -0.2) is 43.1 Å². The second-order valence-electron chi connectivity index (χ2n) is 11.8. The third kappa shape index (κ3) is 3.16. The first-order chi connectivity index (χ1) is 17.1. The van der Waals surface area contributed by atoms with E-state index in [-0.39, 0.29) is 30.0 Å². The van der Waals surface area contributed by atoms with E-state index in [1.807, 2.05) is 0 Å². The lowest BCUT2D eigenvalue weighted by atomic mass is 9.52. The Hall–Kier alpha value is -2.46. The van der Waals surface area contributed by atoms with E-state index in [9.17, 15) is 27.4 Å². The van der Waals surface area contributed by atoms with Gasteiger partial charge in [-0.1, -0.05) is 0 Å². The van der Waals surface area contributed by atoms with Crippen LogP contribution in [0, 0.1) is 46.8 Å². The molecule has 1 saturated heterocycles. The van der Waals surface area contributed by atoms with E-state index in [1.165, 1.54) is 18.6 Å². The summed E-state index contributed by atoms with van der Waals surface area (Å²) in [5, 5.41) is 0. The zero-order valence-corrected chi connectivity index (χ0v) is 20.4. The molecule has 5 atom stereocenters. The maximum atomic E-state index is 13.4. The van der Waals surface area contributed by atoms with Crippen LogP contribution in [0.3, 0.4) is 0 Å². The van der Waals surface area contributed by atoms with Gasteiger partial charge in [-0.3, -0.25) is 14.4 Å². The van der Waals surface area contributed by atoms with Gasteiger partial charge in [0.05, 0.1) is 10.8 Å². The number of hydrogen-bond acceptors (Lipinski definition) is 9. The normalized spacial score (nSPS) is 43.5. The summed E-state index contributed by atoms with van der Waals surface area (Å²) < 4.78 is 50.6. The Morgan fingerprint density at radius 1 is 0.944 bits per heavy atom. The van der Waals surface area contributed by atoms with Gasteiger partial charge in [0.25, 0.3) is 0 Å². The van der Waals surface area contributed by atoms with Crippen LogP contribution in [0.4, 0.5) is 0 Å². The van der Waals surface area contributed by atoms with Crippen LogP contribution in [0.25, 0.3) is 0 Å². The molecule has 0 amide bonds. The van der Waals surface area contributed by atoms with Gasteiger partial charge in [0.15, 0.2) is 5.41 Å². The predicted octanol–water partition coefficient (Wildman–Crippen LogP) is 2.43. The molecule has 0 aromatic heterocycles.